The van der Waals surface area contributed by atoms with Crippen LogP contribution in [0.5, 0.6) is 5.75 Å². The summed E-state index contributed by atoms with van der Waals surface area (Å²) in [5.41, 5.74) is 0.422. The predicted molar refractivity (Wildman–Crippen MR) is 72.0 cm³/mol. The summed E-state index contributed by atoms with van der Waals surface area (Å²) in [7, 11) is 0. The molecule has 0 saturated carbocycles. The average Bonchev–Trinajstić information content (AvgIpc) is 2.45. The molecule has 1 aromatic rings. The average molecular weight is 301 g/mol. The zero-order valence-electron chi connectivity index (χ0n) is 11.5. The number of nitrogens with one attached hydrogen (secondary N) is 1. The van der Waals surface area contributed by atoms with Crippen LogP contribution in [0, 0.1) is 11.8 Å². The van der Waals surface area contributed by atoms with Gasteiger partial charge < -0.3 is 14.8 Å². The molecular formula is C15H18F3NO2. The number of benzene rings is 1. The van der Waals surface area contributed by atoms with Crippen molar-refractivity contribution in [1.29, 1.82) is 0 Å². The van der Waals surface area contributed by atoms with E-state index < -0.39 is 6.36 Å². The molecule has 1 saturated heterocycles. The molecule has 1 heterocycles. The summed E-state index contributed by atoms with van der Waals surface area (Å²) in [4.78, 5) is 11.3. The molecule has 1 fully saturated rings. The van der Waals surface area contributed by atoms with Crippen molar-refractivity contribution >= 4 is 6.29 Å². The van der Waals surface area contributed by atoms with Gasteiger partial charge in [-0.15, -0.1) is 13.2 Å². The van der Waals surface area contributed by atoms with Crippen molar-refractivity contribution in [3.05, 3.63) is 29.8 Å². The number of ether oxygens (including phenoxy) is 1. The number of alkyl halides is 3. The van der Waals surface area contributed by atoms with Crippen LogP contribution in [0.3, 0.4) is 0 Å². The first-order chi connectivity index (χ1) is 9.99. The van der Waals surface area contributed by atoms with Gasteiger partial charge in [0, 0.05) is 5.92 Å². The van der Waals surface area contributed by atoms with E-state index in [4.69, 9.17) is 0 Å². The van der Waals surface area contributed by atoms with Gasteiger partial charge in [0.15, 0.2) is 0 Å². The Morgan fingerprint density at radius 1 is 1.29 bits per heavy atom. The highest BCUT2D eigenvalue weighted by atomic mass is 19.4. The van der Waals surface area contributed by atoms with E-state index in [1.807, 2.05) is 0 Å². The first-order valence-corrected chi connectivity index (χ1v) is 6.99. The van der Waals surface area contributed by atoms with Crippen LogP contribution in [-0.2, 0) is 11.2 Å². The third kappa shape index (κ3) is 4.74. The molecule has 116 valence electrons. The van der Waals surface area contributed by atoms with Crippen LogP contribution < -0.4 is 10.1 Å². The Hall–Kier alpha value is -1.56. The molecule has 0 radical (unpaired) electrons. The second kappa shape index (κ2) is 6.93. The van der Waals surface area contributed by atoms with E-state index in [0.29, 0.717) is 5.56 Å². The van der Waals surface area contributed by atoms with Crippen molar-refractivity contribution in [2.24, 2.45) is 11.8 Å². The quantitative estimate of drug-likeness (QED) is 0.850. The maximum Gasteiger partial charge on any atom is 0.573 e. The fraction of sp³-hybridized carbons (Fsp3) is 0.533. The largest absolute Gasteiger partial charge is 0.573 e. The summed E-state index contributed by atoms with van der Waals surface area (Å²) >= 11 is 0. The first kappa shape index (κ1) is 15.8. The van der Waals surface area contributed by atoms with E-state index in [2.05, 4.69) is 10.1 Å². The zero-order chi connectivity index (χ0) is 15.3. The number of para-hydroxylation sites is 1. The molecule has 0 bridgehead atoms. The highest BCUT2D eigenvalue weighted by Crippen LogP contribution is 2.30. The van der Waals surface area contributed by atoms with Gasteiger partial charge in [0.2, 0.25) is 0 Å². The molecule has 21 heavy (non-hydrogen) atoms. The van der Waals surface area contributed by atoms with Gasteiger partial charge in [-0.2, -0.15) is 0 Å². The Labute approximate surface area is 121 Å². The number of aldehydes is 1. The monoisotopic (exact) mass is 301 g/mol. The van der Waals surface area contributed by atoms with Crippen LogP contribution in [0.4, 0.5) is 13.2 Å². The lowest BCUT2D eigenvalue weighted by molar-refractivity contribution is -0.274. The second-order valence-electron chi connectivity index (χ2n) is 5.25. The van der Waals surface area contributed by atoms with Gasteiger partial charge in [0.1, 0.15) is 12.0 Å². The lowest BCUT2D eigenvalue weighted by Crippen LogP contribution is -2.33. The third-order valence-corrected chi connectivity index (χ3v) is 3.82. The molecule has 1 N–H and O–H groups in total. The SMILES string of the molecule is O=CC(Cc1ccccc1OC(F)(F)F)C1CCNCC1. The second-order valence-corrected chi connectivity index (χ2v) is 5.25. The van der Waals surface area contributed by atoms with E-state index in [1.54, 1.807) is 12.1 Å². The van der Waals surface area contributed by atoms with Crippen molar-refractivity contribution in [2.45, 2.75) is 25.6 Å². The smallest absolute Gasteiger partial charge is 0.406 e. The van der Waals surface area contributed by atoms with Gasteiger partial charge in [-0.25, -0.2) is 0 Å². The third-order valence-electron chi connectivity index (χ3n) is 3.82. The minimum Gasteiger partial charge on any atom is -0.406 e. The highest BCUT2D eigenvalue weighted by Gasteiger charge is 2.32. The van der Waals surface area contributed by atoms with E-state index >= 15 is 0 Å². The molecule has 1 atom stereocenters. The molecule has 0 spiro atoms. The summed E-state index contributed by atoms with van der Waals surface area (Å²) in [5, 5.41) is 3.21. The molecule has 1 aliphatic heterocycles. The first-order valence-electron chi connectivity index (χ1n) is 6.99. The topological polar surface area (TPSA) is 38.3 Å². The van der Waals surface area contributed by atoms with E-state index in [1.165, 1.54) is 12.1 Å². The molecular weight excluding hydrogens is 283 g/mol. The normalized spacial score (nSPS) is 18.2. The van der Waals surface area contributed by atoms with Crippen molar-refractivity contribution in [1.82, 2.24) is 5.32 Å². The standard InChI is InChI=1S/C15H18F3NO2/c16-15(17,18)21-14-4-2-1-3-12(14)9-13(10-20)11-5-7-19-8-6-11/h1-4,10-11,13,19H,5-9H2. The lowest BCUT2D eigenvalue weighted by atomic mass is 9.82. The summed E-state index contributed by atoms with van der Waals surface area (Å²) in [6, 6.07) is 6.01. The van der Waals surface area contributed by atoms with Gasteiger partial charge in [-0.05, 0) is 49.9 Å². The Kier molecular flexibility index (Phi) is 5.22. The lowest BCUT2D eigenvalue weighted by Gasteiger charge is -2.27. The minimum absolute atomic E-state index is 0.211. The number of halogens is 3. The highest BCUT2D eigenvalue weighted by molar-refractivity contribution is 5.55. The van der Waals surface area contributed by atoms with Gasteiger partial charge in [-0.1, -0.05) is 18.2 Å². The van der Waals surface area contributed by atoms with Crippen molar-refractivity contribution in [3.63, 3.8) is 0 Å². The van der Waals surface area contributed by atoms with Crippen molar-refractivity contribution in [3.8, 4) is 5.75 Å². The number of piperidine rings is 1. The number of carbonyl (C=O) groups is 1. The minimum atomic E-state index is -4.72. The van der Waals surface area contributed by atoms with Gasteiger partial charge in [-0.3, -0.25) is 0 Å². The Bertz CT molecular complexity index is 470. The van der Waals surface area contributed by atoms with Gasteiger partial charge in [0.05, 0.1) is 0 Å². The number of rotatable bonds is 5. The molecule has 3 nitrogen and oxygen atoms in total. The summed E-state index contributed by atoms with van der Waals surface area (Å²) in [5.74, 6) is -0.279. The summed E-state index contributed by atoms with van der Waals surface area (Å²) in [6.07, 6.45) is -1.85. The summed E-state index contributed by atoms with van der Waals surface area (Å²) < 4.78 is 41.2. The van der Waals surface area contributed by atoms with E-state index in [9.17, 15) is 18.0 Å². The van der Waals surface area contributed by atoms with Crippen LogP contribution in [0.1, 0.15) is 18.4 Å². The van der Waals surface area contributed by atoms with Crippen LogP contribution in [0.2, 0.25) is 0 Å². The molecule has 0 amide bonds. The van der Waals surface area contributed by atoms with E-state index in [0.717, 1.165) is 32.2 Å². The van der Waals surface area contributed by atoms with Crippen LogP contribution in [0.15, 0.2) is 24.3 Å². The van der Waals surface area contributed by atoms with Crippen molar-refractivity contribution in [2.75, 3.05) is 13.1 Å². The molecule has 2 rings (SSSR count). The van der Waals surface area contributed by atoms with Crippen LogP contribution in [0.25, 0.3) is 0 Å². The number of hydrogen-bond acceptors (Lipinski definition) is 3. The molecule has 1 unspecified atom stereocenters. The molecule has 6 heteroatoms. The molecule has 0 aliphatic carbocycles. The number of carbonyl (C=O) groups excluding carboxylic acids is 1. The van der Waals surface area contributed by atoms with E-state index in [-0.39, 0.29) is 24.0 Å². The van der Waals surface area contributed by atoms with Gasteiger partial charge in [0.25, 0.3) is 0 Å². The molecule has 1 aromatic carbocycles. The maximum absolute atomic E-state index is 12.4. The Morgan fingerprint density at radius 3 is 2.57 bits per heavy atom. The molecule has 1 aliphatic rings. The Morgan fingerprint density at radius 2 is 1.95 bits per heavy atom. The Balaban J connectivity index is 2.11. The fourth-order valence-corrected chi connectivity index (χ4v) is 2.75. The predicted octanol–water partition coefficient (Wildman–Crippen LogP) is 2.94. The molecule has 0 aromatic heterocycles. The summed E-state index contributed by atoms with van der Waals surface area (Å²) in [6.45, 7) is 1.69. The van der Waals surface area contributed by atoms with Crippen LogP contribution >= 0.6 is 0 Å². The van der Waals surface area contributed by atoms with Crippen LogP contribution in [-0.4, -0.2) is 25.7 Å². The zero-order valence-corrected chi connectivity index (χ0v) is 11.5. The number of hydrogen-bond donors (Lipinski definition) is 1. The maximum atomic E-state index is 12.4. The fourth-order valence-electron chi connectivity index (χ4n) is 2.75. The van der Waals surface area contributed by atoms with Gasteiger partial charge >= 0.3 is 6.36 Å². The van der Waals surface area contributed by atoms with Crippen molar-refractivity contribution < 1.29 is 22.7 Å².